The van der Waals surface area contributed by atoms with Crippen LogP contribution in [0.1, 0.15) is 27.9 Å². The van der Waals surface area contributed by atoms with Crippen molar-refractivity contribution in [3.8, 4) is 6.07 Å². The number of nitrogens with one attached hydrogen (secondary N) is 2. The van der Waals surface area contributed by atoms with Crippen molar-refractivity contribution in [2.24, 2.45) is 0 Å². The fourth-order valence-electron chi connectivity index (χ4n) is 2.36. The fourth-order valence-corrected chi connectivity index (χ4v) is 2.36. The smallest absolute Gasteiger partial charge is 0.255 e. The zero-order valence-corrected chi connectivity index (χ0v) is 11.7. The fraction of sp³-hybridized carbons (Fsp3) is 0.118. The van der Waals surface area contributed by atoms with Crippen LogP contribution in [0.25, 0.3) is 0 Å². The molecule has 0 saturated carbocycles. The van der Waals surface area contributed by atoms with Crippen molar-refractivity contribution in [1.29, 1.82) is 5.26 Å². The van der Waals surface area contributed by atoms with E-state index in [9.17, 15) is 9.59 Å². The summed E-state index contributed by atoms with van der Waals surface area (Å²) in [5.41, 5.74) is 3.50. The molecule has 0 fully saturated rings. The molecule has 2 aromatic rings. The van der Waals surface area contributed by atoms with Gasteiger partial charge in [0.15, 0.2) is 0 Å². The maximum atomic E-state index is 12.2. The summed E-state index contributed by atoms with van der Waals surface area (Å²) >= 11 is 0. The topological polar surface area (TPSA) is 82.0 Å². The number of fused-ring (bicyclic) bond motifs is 1. The first-order valence-electron chi connectivity index (χ1n) is 6.90. The van der Waals surface area contributed by atoms with Gasteiger partial charge < -0.3 is 10.6 Å². The molecule has 2 N–H and O–H groups in total. The molecule has 0 atom stereocenters. The molecule has 5 heteroatoms. The summed E-state index contributed by atoms with van der Waals surface area (Å²) in [5.74, 6) is -0.217. The summed E-state index contributed by atoms with van der Waals surface area (Å²) < 4.78 is 0. The van der Waals surface area contributed by atoms with E-state index in [2.05, 4.69) is 10.6 Å². The van der Waals surface area contributed by atoms with Gasteiger partial charge in [-0.25, -0.2) is 0 Å². The van der Waals surface area contributed by atoms with Gasteiger partial charge in [0, 0.05) is 23.4 Å². The third-order valence-corrected chi connectivity index (χ3v) is 3.53. The van der Waals surface area contributed by atoms with Gasteiger partial charge in [0.1, 0.15) is 0 Å². The summed E-state index contributed by atoms with van der Waals surface area (Å²) in [6.07, 6.45) is 1.13. The van der Waals surface area contributed by atoms with E-state index in [1.165, 1.54) is 0 Å². The number of benzene rings is 2. The third kappa shape index (κ3) is 2.81. The minimum absolute atomic E-state index is 0.0156. The van der Waals surface area contributed by atoms with Crippen LogP contribution in [0.15, 0.2) is 42.5 Å². The van der Waals surface area contributed by atoms with Crippen LogP contribution < -0.4 is 10.6 Å². The molecule has 108 valence electrons. The van der Waals surface area contributed by atoms with Crippen molar-refractivity contribution in [2.45, 2.75) is 12.8 Å². The Balaban J connectivity index is 1.76. The minimum Gasteiger partial charge on any atom is -0.326 e. The molecule has 2 aromatic carbocycles. The van der Waals surface area contributed by atoms with E-state index in [4.69, 9.17) is 5.26 Å². The lowest BCUT2D eigenvalue weighted by Crippen LogP contribution is -2.19. The minimum atomic E-state index is -0.232. The Hall–Kier alpha value is -3.13. The number of nitrogens with zero attached hydrogens (tertiary/aromatic N) is 1. The largest absolute Gasteiger partial charge is 0.326 e. The van der Waals surface area contributed by atoms with E-state index in [1.807, 2.05) is 12.1 Å². The van der Waals surface area contributed by atoms with E-state index < -0.39 is 0 Å². The van der Waals surface area contributed by atoms with Gasteiger partial charge in [0.2, 0.25) is 5.91 Å². The zero-order chi connectivity index (χ0) is 15.5. The van der Waals surface area contributed by atoms with Crippen molar-refractivity contribution < 1.29 is 9.59 Å². The summed E-state index contributed by atoms with van der Waals surface area (Å²) in [6, 6.07) is 13.9. The zero-order valence-electron chi connectivity index (χ0n) is 11.7. The van der Waals surface area contributed by atoms with Crippen LogP contribution in [-0.2, 0) is 11.2 Å². The number of anilines is 2. The highest BCUT2D eigenvalue weighted by Crippen LogP contribution is 2.25. The molecular weight excluding hydrogens is 278 g/mol. The van der Waals surface area contributed by atoms with Gasteiger partial charge in [-0.1, -0.05) is 0 Å². The lowest BCUT2D eigenvalue weighted by Gasteiger charge is -2.17. The number of aryl methyl sites for hydroxylation is 1. The highest BCUT2D eigenvalue weighted by Gasteiger charge is 2.15. The molecule has 2 amide bonds. The summed E-state index contributed by atoms with van der Waals surface area (Å²) in [7, 11) is 0. The first kappa shape index (κ1) is 13.8. The molecule has 0 bridgehead atoms. The van der Waals surface area contributed by atoms with Crippen LogP contribution in [0, 0.1) is 11.3 Å². The lowest BCUT2D eigenvalue weighted by atomic mass is 10.0. The van der Waals surface area contributed by atoms with Gasteiger partial charge in [0.05, 0.1) is 11.6 Å². The standard InChI is InChI=1S/C17H13N3O2/c18-10-11-1-3-12(4-2-11)17(22)19-14-6-7-15-13(9-14)5-8-16(21)20-15/h1-4,6-7,9H,5,8H2,(H,19,22)(H,20,21). The number of hydrogen-bond donors (Lipinski definition) is 2. The van der Waals surface area contributed by atoms with Crippen molar-refractivity contribution in [3.05, 3.63) is 59.2 Å². The molecule has 0 radical (unpaired) electrons. The average Bonchev–Trinajstić information content (AvgIpc) is 2.55. The maximum Gasteiger partial charge on any atom is 0.255 e. The number of nitriles is 1. The van der Waals surface area contributed by atoms with Gasteiger partial charge in [-0.3, -0.25) is 9.59 Å². The van der Waals surface area contributed by atoms with Crippen LogP contribution in [0.5, 0.6) is 0 Å². The first-order chi connectivity index (χ1) is 10.7. The predicted molar refractivity (Wildman–Crippen MR) is 82.5 cm³/mol. The molecule has 0 unspecified atom stereocenters. The molecule has 5 nitrogen and oxygen atoms in total. The van der Waals surface area contributed by atoms with Gasteiger partial charge in [-0.15, -0.1) is 0 Å². The van der Waals surface area contributed by atoms with Crippen molar-refractivity contribution in [3.63, 3.8) is 0 Å². The van der Waals surface area contributed by atoms with Crippen LogP contribution in [-0.4, -0.2) is 11.8 Å². The molecule has 1 aliphatic heterocycles. The first-order valence-corrected chi connectivity index (χ1v) is 6.90. The quantitative estimate of drug-likeness (QED) is 0.892. The molecule has 0 saturated heterocycles. The van der Waals surface area contributed by atoms with E-state index in [0.29, 0.717) is 29.7 Å². The third-order valence-electron chi connectivity index (χ3n) is 3.53. The van der Waals surface area contributed by atoms with E-state index >= 15 is 0 Å². The molecular formula is C17H13N3O2. The van der Waals surface area contributed by atoms with Crippen LogP contribution in [0.4, 0.5) is 11.4 Å². The summed E-state index contributed by atoms with van der Waals surface area (Å²) in [6.45, 7) is 0. The molecule has 0 aromatic heterocycles. The number of carbonyl (C=O) groups is 2. The van der Waals surface area contributed by atoms with Gasteiger partial charge in [-0.2, -0.15) is 5.26 Å². The Bertz CT molecular complexity index is 789. The highest BCUT2D eigenvalue weighted by molar-refractivity contribution is 6.04. The molecule has 0 aliphatic carbocycles. The SMILES string of the molecule is N#Cc1ccc(C(=O)Nc2ccc3c(c2)CCC(=O)N3)cc1. The summed E-state index contributed by atoms with van der Waals surface area (Å²) in [4.78, 5) is 23.5. The number of hydrogen-bond acceptors (Lipinski definition) is 3. The normalized spacial score (nSPS) is 12.8. The Morgan fingerprint density at radius 1 is 1.14 bits per heavy atom. The summed E-state index contributed by atoms with van der Waals surface area (Å²) in [5, 5.41) is 14.4. The average molecular weight is 291 g/mol. The van der Waals surface area contributed by atoms with Crippen LogP contribution in [0.2, 0.25) is 0 Å². The Kier molecular flexibility index (Phi) is 3.58. The maximum absolute atomic E-state index is 12.2. The van der Waals surface area contributed by atoms with Gasteiger partial charge >= 0.3 is 0 Å². The molecule has 22 heavy (non-hydrogen) atoms. The number of amides is 2. The second-order valence-electron chi connectivity index (χ2n) is 5.06. The van der Waals surface area contributed by atoms with E-state index in [-0.39, 0.29) is 11.8 Å². The second kappa shape index (κ2) is 5.70. The highest BCUT2D eigenvalue weighted by atomic mass is 16.2. The molecule has 0 spiro atoms. The van der Waals surface area contributed by atoms with Crippen molar-refractivity contribution in [2.75, 3.05) is 10.6 Å². The Morgan fingerprint density at radius 2 is 1.91 bits per heavy atom. The second-order valence-corrected chi connectivity index (χ2v) is 5.06. The Labute approximate surface area is 127 Å². The Morgan fingerprint density at radius 3 is 2.64 bits per heavy atom. The van der Waals surface area contributed by atoms with Gasteiger partial charge in [0.25, 0.3) is 5.91 Å². The monoisotopic (exact) mass is 291 g/mol. The van der Waals surface area contributed by atoms with Crippen LogP contribution in [0.3, 0.4) is 0 Å². The van der Waals surface area contributed by atoms with Crippen molar-refractivity contribution >= 4 is 23.2 Å². The lowest BCUT2D eigenvalue weighted by molar-refractivity contribution is -0.116. The molecule has 1 heterocycles. The van der Waals surface area contributed by atoms with E-state index in [0.717, 1.165) is 11.3 Å². The van der Waals surface area contributed by atoms with Crippen LogP contribution >= 0.6 is 0 Å². The number of rotatable bonds is 2. The molecule has 3 rings (SSSR count). The van der Waals surface area contributed by atoms with Gasteiger partial charge in [-0.05, 0) is 54.4 Å². The van der Waals surface area contributed by atoms with E-state index in [1.54, 1.807) is 36.4 Å². The molecule has 1 aliphatic rings. The number of carbonyl (C=O) groups excluding carboxylic acids is 2. The van der Waals surface area contributed by atoms with Crippen molar-refractivity contribution in [1.82, 2.24) is 0 Å². The predicted octanol–water partition coefficient (Wildman–Crippen LogP) is 2.70.